The predicted molar refractivity (Wildman–Crippen MR) is 94.7 cm³/mol. The van der Waals surface area contributed by atoms with Gasteiger partial charge in [-0.15, -0.1) is 0 Å². The van der Waals surface area contributed by atoms with Crippen LogP contribution in [0.4, 0.5) is 11.5 Å². The average Bonchev–Trinajstić information content (AvgIpc) is 3.09. The SMILES string of the molecule is Cc1cc(N2CCC(NC(=O)c3ccc(N(C)C)cn3)C2=O)n(C)n1. The molecule has 0 spiro atoms. The Labute approximate surface area is 146 Å². The van der Waals surface area contributed by atoms with Crippen molar-refractivity contribution in [3.05, 3.63) is 35.8 Å². The number of carbonyl (C=O) groups is 2. The number of carbonyl (C=O) groups excluding carboxylic acids is 2. The van der Waals surface area contributed by atoms with E-state index in [2.05, 4.69) is 15.4 Å². The first-order valence-corrected chi connectivity index (χ1v) is 8.13. The summed E-state index contributed by atoms with van der Waals surface area (Å²) >= 11 is 0. The van der Waals surface area contributed by atoms with Crippen molar-refractivity contribution >= 4 is 23.3 Å². The summed E-state index contributed by atoms with van der Waals surface area (Å²) in [7, 11) is 5.61. The van der Waals surface area contributed by atoms with E-state index < -0.39 is 6.04 Å². The Kier molecular flexibility index (Phi) is 4.43. The third kappa shape index (κ3) is 3.33. The number of aromatic nitrogens is 3. The predicted octanol–water partition coefficient (Wildman–Crippen LogP) is 0.725. The minimum absolute atomic E-state index is 0.124. The smallest absolute Gasteiger partial charge is 0.270 e. The normalized spacial score (nSPS) is 17.0. The Morgan fingerprint density at radius 2 is 2.12 bits per heavy atom. The van der Waals surface area contributed by atoms with Gasteiger partial charge in [0.15, 0.2) is 0 Å². The third-order valence-electron chi connectivity index (χ3n) is 4.26. The molecule has 1 aliphatic heterocycles. The highest BCUT2D eigenvalue weighted by molar-refractivity contribution is 6.03. The van der Waals surface area contributed by atoms with E-state index >= 15 is 0 Å². The number of nitrogens with zero attached hydrogens (tertiary/aromatic N) is 5. The molecule has 1 atom stereocenters. The van der Waals surface area contributed by atoms with Crippen LogP contribution in [0.15, 0.2) is 24.4 Å². The molecule has 1 N–H and O–H groups in total. The van der Waals surface area contributed by atoms with Gasteiger partial charge in [0.25, 0.3) is 11.8 Å². The van der Waals surface area contributed by atoms with E-state index in [0.717, 1.165) is 17.2 Å². The van der Waals surface area contributed by atoms with Crippen LogP contribution in [0.1, 0.15) is 22.6 Å². The van der Waals surface area contributed by atoms with Crippen LogP contribution in [-0.2, 0) is 11.8 Å². The monoisotopic (exact) mass is 342 g/mol. The minimum Gasteiger partial charge on any atom is -0.376 e. The van der Waals surface area contributed by atoms with Crippen molar-refractivity contribution in [2.24, 2.45) is 7.05 Å². The van der Waals surface area contributed by atoms with Crippen molar-refractivity contribution in [2.45, 2.75) is 19.4 Å². The van der Waals surface area contributed by atoms with Gasteiger partial charge in [-0.3, -0.25) is 19.2 Å². The number of amides is 2. The second-order valence-electron chi connectivity index (χ2n) is 6.37. The molecule has 1 fully saturated rings. The Morgan fingerprint density at radius 1 is 1.36 bits per heavy atom. The summed E-state index contributed by atoms with van der Waals surface area (Å²) in [5, 5.41) is 7.05. The highest BCUT2D eigenvalue weighted by atomic mass is 16.2. The van der Waals surface area contributed by atoms with Crippen LogP contribution in [0.3, 0.4) is 0 Å². The molecule has 132 valence electrons. The maximum Gasteiger partial charge on any atom is 0.270 e. The Bertz CT molecular complexity index is 796. The van der Waals surface area contributed by atoms with Crippen LogP contribution in [-0.4, -0.2) is 53.3 Å². The van der Waals surface area contributed by atoms with E-state index in [9.17, 15) is 9.59 Å². The van der Waals surface area contributed by atoms with Crippen molar-refractivity contribution in [1.29, 1.82) is 0 Å². The van der Waals surface area contributed by atoms with Crippen LogP contribution in [0.2, 0.25) is 0 Å². The number of hydrogen-bond acceptors (Lipinski definition) is 5. The number of rotatable bonds is 4. The molecular formula is C17H22N6O2. The van der Waals surface area contributed by atoms with Crippen molar-refractivity contribution in [2.75, 3.05) is 30.4 Å². The standard InChI is InChI=1S/C17H22N6O2/c1-11-9-15(22(4)20-11)23-8-7-14(17(23)25)19-16(24)13-6-5-12(10-18-13)21(2)3/h5-6,9-10,14H,7-8H2,1-4H3,(H,19,24). The molecule has 2 aromatic rings. The van der Waals surface area contributed by atoms with Gasteiger partial charge in [0.2, 0.25) is 0 Å². The fourth-order valence-electron chi connectivity index (χ4n) is 2.91. The zero-order chi connectivity index (χ0) is 18.1. The summed E-state index contributed by atoms with van der Waals surface area (Å²) in [5.41, 5.74) is 2.06. The summed E-state index contributed by atoms with van der Waals surface area (Å²) in [4.78, 5) is 32.7. The van der Waals surface area contributed by atoms with E-state index in [0.29, 0.717) is 18.7 Å². The second kappa shape index (κ2) is 6.54. The Hall–Kier alpha value is -2.90. The molecule has 3 heterocycles. The van der Waals surface area contributed by atoms with Crippen molar-refractivity contribution in [3.63, 3.8) is 0 Å². The molecule has 1 aliphatic rings. The zero-order valence-corrected chi connectivity index (χ0v) is 14.9. The molecule has 2 amide bonds. The Balaban J connectivity index is 1.68. The molecule has 8 heteroatoms. The van der Waals surface area contributed by atoms with E-state index in [1.165, 1.54) is 0 Å². The zero-order valence-electron chi connectivity index (χ0n) is 14.9. The van der Waals surface area contributed by atoms with Gasteiger partial charge in [0.1, 0.15) is 17.6 Å². The van der Waals surface area contributed by atoms with Gasteiger partial charge in [-0.2, -0.15) is 5.10 Å². The quantitative estimate of drug-likeness (QED) is 0.885. The van der Waals surface area contributed by atoms with Crippen molar-refractivity contribution in [3.8, 4) is 0 Å². The van der Waals surface area contributed by atoms with Gasteiger partial charge < -0.3 is 10.2 Å². The Morgan fingerprint density at radius 3 is 2.68 bits per heavy atom. The van der Waals surface area contributed by atoms with Gasteiger partial charge in [0, 0.05) is 33.8 Å². The van der Waals surface area contributed by atoms with Crippen LogP contribution < -0.4 is 15.1 Å². The fourth-order valence-corrected chi connectivity index (χ4v) is 2.91. The summed E-state index contributed by atoms with van der Waals surface area (Å²) in [6, 6.07) is 4.80. The van der Waals surface area contributed by atoms with Crippen molar-refractivity contribution < 1.29 is 9.59 Å². The molecule has 0 radical (unpaired) electrons. The lowest BCUT2D eigenvalue weighted by Crippen LogP contribution is -2.42. The highest BCUT2D eigenvalue weighted by Crippen LogP contribution is 2.22. The molecule has 0 aliphatic carbocycles. The summed E-state index contributed by atoms with van der Waals surface area (Å²) in [6.45, 7) is 2.43. The summed E-state index contributed by atoms with van der Waals surface area (Å²) in [5.74, 6) is 0.278. The first kappa shape index (κ1) is 16.9. The number of aryl methyl sites for hydroxylation is 2. The molecule has 1 unspecified atom stereocenters. The number of anilines is 2. The number of nitrogens with one attached hydrogen (secondary N) is 1. The lowest BCUT2D eigenvalue weighted by molar-refractivity contribution is -0.118. The summed E-state index contributed by atoms with van der Waals surface area (Å²) in [6.07, 6.45) is 2.20. The van der Waals surface area contributed by atoms with Gasteiger partial charge in [-0.1, -0.05) is 0 Å². The lowest BCUT2D eigenvalue weighted by Gasteiger charge is -2.17. The molecule has 0 bridgehead atoms. The van der Waals surface area contributed by atoms with Gasteiger partial charge in [-0.25, -0.2) is 4.98 Å². The second-order valence-corrected chi connectivity index (χ2v) is 6.37. The van der Waals surface area contributed by atoms with Crippen LogP contribution in [0, 0.1) is 6.92 Å². The van der Waals surface area contributed by atoms with Gasteiger partial charge in [-0.05, 0) is 25.5 Å². The maximum absolute atomic E-state index is 12.6. The first-order valence-electron chi connectivity index (χ1n) is 8.13. The molecular weight excluding hydrogens is 320 g/mol. The molecule has 2 aromatic heterocycles. The van der Waals surface area contributed by atoms with E-state index in [-0.39, 0.29) is 11.8 Å². The average molecular weight is 342 g/mol. The van der Waals surface area contributed by atoms with Crippen LogP contribution in [0.25, 0.3) is 0 Å². The van der Waals surface area contributed by atoms with E-state index in [1.807, 2.05) is 38.1 Å². The fraction of sp³-hybridized carbons (Fsp3) is 0.412. The summed E-state index contributed by atoms with van der Waals surface area (Å²) < 4.78 is 1.68. The van der Waals surface area contributed by atoms with E-state index in [4.69, 9.17) is 0 Å². The van der Waals surface area contributed by atoms with Crippen LogP contribution >= 0.6 is 0 Å². The largest absolute Gasteiger partial charge is 0.376 e. The lowest BCUT2D eigenvalue weighted by atomic mass is 10.2. The topological polar surface area (TPSA) is 83.4 Å². The number of pyridine rings is 1. The molecule has 8 nitrogen and oxygen atoms in total. The van der Waals surface area contributed by atoms with E-state index in [1.54, 1.807) is 28.9 Å². The van der Waals surface area contributed by atoms with Gasteiger partial charge in [0.05, 0.1) is 17.6 Å². The minimum atomic E-state index is -0.543. The highest BCUT2D eigenvalue weighted by Gasteiger charge is 2.35. The third-order valence-corrected chi connectivity index (χ3v) is 4.26. The van der Waals surface area contributed by atoms with Crippen molar-refractivity contribution in [1.82, 2.24) is 20.1 Å². The molecule has 0 aromatic carbocycles. The maximum atomic E-state index is 12.6. The molecule has 3 rings (SSSR count). The molecule has 0 saturated carbocycles. The first-order chi connectivity index (χ1) is 11.9. The molecule has 1 saturated heterocycles. The number of hydrogen-bond donors (Lipinski definition) is 1. The molecule has 25 heavy (non-hydrogen) atoms. The van der Waals surface area contributed by atoms with Crippen LogP contribution in [0.5, 0.6) is 0 Å². The van der Waals surface area contributed by atoms with Gasteiger partial charge >= 0.3 is 0 Å².